The van der Waals surface area contributed by atoms with Gasteiger partial charge < -0.3 is 5.73 Å². The Morgan fingerprint density at radius 2 is 2.27 bits per heavy atom. The molecule has 4 nitrogen and oxygen atoms in total. The minimum Gasteiger partial charge on any atom is -0.369 e. The molecule has 0 aromatic rings. The van der Waals surface area contributed by atoms with Crippen LogP contribution in [0.3, 0.4) is 0 Å². The standard InChI is InChI=1S/C11H20N2O2/c1-8(2)6-13(7-11(12)15)9-3-4-10(14)5-9/h8-9H,3-7H2,1-2H3,(H2,12,15). The summed E-state index contributed by atoms with van der Waals surface area (Å²) in [7, 11) is 0. The number of hydrogen-bond acceptors (Lipinski definition) is 3. The van der Waals surface area contributed by atoms with E-state index in [0.29, 0.717) is 24.5 Å². The van der Waals surface area contributed by atoms with E-state index < -0.39 is 0 Å². The highest BCUT2D eigenvalue weighted by Gasteiger charge is 2.28. The van der Waals surface area contributed by atoms with Crippen LogP contribution in [0.1, 0.15) is 33.1 Å². The van der Waals surface area contributed by atoms with Gasteiger partial charge in [-0.25, -0.2) is 0 Å². The van der Waals surface area contributed by atoms with Crippen LogP contribution in [0, 0.1) is 5.92 Å². The molecule has 1 saturated carbocycles. The molecular formula is C11H20N2O2. The van der Waals surface area contributed by atoms with Gasteiger partial charge in [0.05, 0.1) is 6.54 Å². The van der Waals surface area contributed by atoms with Gasteiger partial charge >= 0.3 is 0 Å². The molecule has 1 amide bonds. The fourth-order valence-corrected chi connectivity index (χ4v) is 2.12. The molecule has 1 unspecified atom stereocenters. The van der Waals surface area contributed by atoms with Crippen molar-refractivity contribution in [3.05, 3.63) is 0 Å². The van der Waals surface area contributed by atoms with Gasteiger partial charge in [0.15, 0.2) is 0 Å². The van der Waals surface area contributed by atoms with Crippen LogP contribution in [-0.4, -0.2) is 35.7 Å². The normalized spacial score (nSPS) is 21.6. The quantitative estimate of drug-likeness (QED) is 0.724. The molecule has 1 fully saturated rings. The van der Waals surface area contributed by atoms with Gasteiger partial charge in [-0.1, -0.05) is 13.8 Å². The van der Waals surface area contributed by atoms with E-state index in [-0.39, 0.29) is 18.5 Å². The second-order valence-electron chi connectivity index (χ2n) is 4.72. The van der Waals surface area contributed by atoms with E-state index in [0.717, 1.165) is 13.0 Å². The molecule has 0 spiro atoms. The van der Waals surface area contributed by atoms with Gasteiger partial charge in [-0.3, -0.25) is 14.5 Å². The van der Waals surface area contributed by atoms with Crippen molar-refractivity contribution in [1.29, 1.82) is 0 Å². The summed E-state index contributed by atoms with van der Waals surface area (Å²) in [5.74, 6) is 0.480. The topological polar surface area (TPSA) is 63.4 Å². The Balaban J connectivity index is 2.54. The van der Waals surface area contributed by atoms with Crippen LogP contribution in [0.4, 0.5) is 0 Å². The van der Waals surface area contributed by atoms with Crippen molar-refractivity contribution in [2.24, 2.45) is 11.7 Å². The molecule has 1 aliphatic rings. The summed E-state index contributed by atoms with van der Waals surface area (Å²) in [6.07, 6.45) is 2.11. The van der Waals surface area contributed by atoms with E-state index in [4.69, 9.17) is 5.73 Å². The lowest BCUT2D eigenvalue weighted by atomic mass is 10.1. The van der Waals surface area contributed by atoms with Crippen LogP contribution in [0.15, 0.2) is 0 Å². The van der Waals surface area contributed by atoms with Gasteiger partial charge in [0.2, 0.25) is 5.91 Å². The number of carbonyl (C=O) groups excluding carboxylic acids is 2. The minimum atomic E-state index is -0.310. The summed E-state index contributed by atoms with van der Waals surface area (Å²) < 4.78 is 0. The van der Waals surface area contributed by atoms with Gasteiger partial charge in [0.25, 0.3) is 0 Å². The molecule has 86 valence electrons. The van der Waals surface area contributed by atoms with Crippen LogP contribution in [0.25, 0.3) is 0 Å². The number of amides is 1. The van der Waals surface area contributed by atoms with Crippen LogP contribution in [0.5, 0.6) is 0 Å². The maximum absolute atomic E-state index is 11.2. The zero-order chi connectivity index (χ0) is 11.4. The molecule has 1 rings (SSSR count). The third-order valence-corrected chi connectivity index (χ3v) is 2.69. The zero-order valence-corrected chi connectivity index (χ0v) is 9.53. The molecule has 0 aliphatic heterocycles. The summed E-state index contributed by atoms with van der Waals surface area (Å²) >= 11 is 0. The highest BCUT2D eigenvalue weighted by atomic mass is 16.1. The first-order chi connectivity index (χ1) is 6.99. The monoisotopic (exact) mass is 212 g/mol. The number of primary amides is 1. The highest BCUT2D eigenvalue weighted by molar-refractivity contribution is 5.81. The van der Waals surface area contributed by atoms with Crippen LogP contribution in [-0.2, 0) is 9.59 Å². The minimum absolute atomic E-state index is 0.229. The predicted molar refractivity (Wildman–Crippen MR) is 58.3 cm³/mol. The number of ketones is 1. The van der Waals surface area contributed by atoms with E-state index in [1.807, 2.05) is 0 Å². The van der Waals surface area contributed by atoms with E-state index in [1.54, 1.807) is 0 Å². The molecular weight excluding hydrogens is 192 g/mol. The van der Waals surface area contributed by atoms with Crippen LogP contribution >= 0.6 is 0 Å². The maximum atomic E-state index is 11.2. The third-order valence-electron chi connectivity index (χ3n) is 2.69. The van der Waals surface area contributed by atoms with E-state index in [2.05, 4.69) is 18.7 Å². The average Bonchev–Trinajstić information content (AvgIpc) is 2.48. The van der Waals surface area contributed by atoms with E-state index >= 15 is 0 Å². The first-order valence-electron chi connectivity index (χ1n) is 5.53. The van der Waals surface area contributed by atoms with E-state index in [1.165, 1.54) is 0 Å². The van der Waals surface area contributed by atoms with Crippen molar-refractivity contribution >= 4 is 11.7 Å². The van der Waals surface area contributed by atoms with Gasteiger partial charge in [-0.15, -0.1) is 0 Å². The Bertz CT molecular complexity index is 251. The van der Waals surface area contributed by atoms with Crippen molar-refractivity contribution in [1.82, 2.24) is 4.90 Å². The Kier molecular flexibility index (Phi) is 4.27. The molecule has 0 aromatic carbocycles. The molecule has 0 saturated heterocycles. The number of nitrogens with zero attached hydrogens (tertiary/aromatic N) is 1. The third kappa shape index (κ3) is 4.00. The molecule has 0 radical (unpaired) electrons. The Labute approximate surface area is 90.8 Å². The van der Waals surface area contributed by atoms with Gasteiger partial charge in [0, 0.05) is 25.4 Å². The van der Waals surface area contributed by atoms with E-state index in [9.17, 15) is 9.59 Å². The zero-order valence-electron chi connectivity index (χ0n) is 9.53. The smallest absolute Gasteiger partial charge is 0.231 e. The van der Waals surface area contributed by atoms with Gasteiger partial charge in [-0.05, 0) is 12.3 Å². The van der Waals surface area contributed by atoms with Gasteiger partial charge in [-0.2, -0.15) is 0 Å². The SMILES string of the molecule is CC(C)CN(CC(N)=O)C1CCC(=O)C1. The average molecular weight is 212 g/mol. The fraction of sp³-hybridized carbons (Fsp3) is 0.818. The van der Waals surface area contributed by atoms with Crippen molar-refractivity contribution < 1.29 is 9.59 Å². The second kappa shape index (κ2) is 5.26. The van der Waals surface area contributed by atoms with Gasteiger partial charge in [0.1, 0.15) is 5.78 Å². The Hall–Kier alpha value is -0.900. The fourth-order valence-electron chi connectivity index (χ4n) is 2.12. The summed E-state index contributed by atoms with van der Waals surface area (Å²) in [5, 5.41) is 0. The second-order valence-corrected chi connectivity index (χ2v) is 4.72. The Morgan fingerprint density at radius 1 is 1.60 bits per heavy atom. The number of Topliss-reactive ketones (excluding diaryl/α,β-unsaturated/α-hetero) is 1. The summed E-state index contributed by atoms with van der Waals surface area (Å²) in [6.45, 7) is 5.31. The number of nitrogens with two attached hydrogens (primary N) is 1. The molecule has 15 heavy (non-hydrogen) atoms. The molecule has 0 aromatic heterocycles. The molecule has 0 bridgehead atoms. The summed E-state index contributed by atoms with van der Waals surface area (Å²) in [4.78, 5) is 24.2. The molecule has 2 N–H and O–H groups in total. The first kappa shape index (κ1) is 12.2. The van der Waals surface area contributed by atoms with Crippen molar-refractivity contribution in [3.8, 4) is 0 Å². The highest BCUT2D eigenvalue weighted by Crippen LogP contribution is 2.21. The predicted octanol–water partition coefficient (Wildman–Crippen LogP) is 0.551. The summed E-state index contributed by atoms with van der Waals surface area (Å²) in [6, 6.07) is 0.229. The maximum Gasteiger partial charge on any atom is 0.231 e. The number of rotatable bonds is 5. The van der Waals surface area contributed by atoms with Crippen LogP contribution < -0.4 is 5.73 Å². The first-order valence-corrected chi connectivity index (χ1v) is 5.53. The lowest BCUT2D eigenvalue weighted by Gasteiger charge is -2.28. The number of carbonyl (C=O) groups is 2. The lowest BCUT2D eigenvalue weighted by molar-refractivity contribution is -0.121. The largest absolute Gasteiger partial charge is 0.369 e. The molecule has 0 heterocycles. The Morgan fingerprint density at radius 3 is 2.67 bits per heavy atom. The number of hydrogen-bond donors (Lipinski definition) is 1. The van der Waals surface area contributed by atoms with Crippen molar-refractivity contribution in [2.45, 2.75) is 39.2 Å². The molecule has 4 heteroatoms. The lowest BCUT2D eigenvalue weighted by Crippen LogP contribution is -2.42. The van der Waals surface area contributed by atoms with Crippen molar-refractivity contribution in [2.75, 3.05) is 13.1 Å². The van der Waals surface area contributed by atoms with Crippen molar-refractivity contribution in [3.63, 3.8) is 0 Å². The van der Waals surface area contributed by atoms with Crippen LogP contribution in [0.2, 0.25) is 0 Å². The molecule has 1 aliphatic carbocycles. The summed E-state index contributed by atoms with van der Waals surface area (Å²) in [5.41, 5.74) is 5.21. The molecule has 1 atom stereocenters.